The zero-order valence-electron chi connectivity index (χ0n) is 11.4. The van der Waals surface area contributed by atoms with E-state index in [0.29, 0.717) is 5.41 Å². The van der Waals surface area contributed by atoms with Gasteiger partial charge in [0, 0.05) is 18.5 Å². The van der Waals surface area contributed by atoms with Crippen molar-refractivity contribution in [3.63, 3.8) is 0 Å². The van der Waals surface area contributed by atoms with Crippen LogP contribution in [0.1, 0.15) is 32.0 Å². The molecule has 1 aromatic heterocycles. The Labute approximate surface area is 113 Å². The maximum Gasteiger partial charge on any atom is 0.156 e. The molecule has 0 bridgehead atoms. The second kappa shape index (κ2) is 5.74. The minimum Gasteiger partial charge on any atom is -0.359 e. The quantitative estimate of drug-likeness (QED) is 0.911. The average Bonchev–Trinajstić information content (AvgIpc) is 2.38. The van der Waals surface area contributed by atoms with Gasteiger partial charge in [0.05, 0.1) is 12.2 Å². The van der Waals surface area contributed by atoms with E-state index in [-0.39, 0.29) is 0 Å². The van der Waals surface area contributed by atoms with Gasteiger partial charge in [-0.2, -0.15) is 0 Å². The van der Waals surface area contributed by atoms with E-state index in [1.54, 1.807) is 0 Å². The van der Waals surface area contributed by atoms with E-state index in [0.717, 1.165) is 36.1 Å². The summed E-state index contributed by atoms with van der Waals surface area (Å²) in [6.07, 6.45) is 2.88. The highest BCUT2D eigenvalue weighted by Gasteiger charge is 2.23. The molecule has 0 amide bonds. The van der Waals surface area contributed by atoms with E-state index in [2.05, 4.69) is 42.1 Å². The van der Waals surface area contributed by atoms with Crippen LogP contribution in [0.5, 0.6) is 0 Å². The Bertz CT molecular complexity index is 440. The maximum absolute atomic E-state index is 4.59. The number of nitrogens with one attached hydrogen (secondary N) is 1. The number of aromatic nitrogens is 1. The van der Waals surface area contributed by atoms with Gasteiger partial charge in [-0.15, -0.1) is 0 Å². The van der Waals surface area contributed by atoms with Gasteiger partial charge < -0.3 is 5.32 Å². The number of nitrogens with zero attached hydrogens (tertiary/aromatic N) is 2. The summed E-state index contributed by atoms with van der Waals surface area (Å²) in [5.74, 6) is 1.13. The van der Waals surface area contributed by atoms with E-state index in [1.165, 1.54) is 5.56 Å². The third kappa shape index (κ3) is 3.48. The Hall–Kier alpha value is -1.03. The van der Waals surface area contributed by atoms with Crippen molar-refractivity contribution in [2.24, 2.45) is 10.4 Å². The molecule has 0 saturated carbocycles. The smallest absolute Gasteiger partial charge is 0.156 e. The molecule has 0 spiro atoms. The van der Waals surface area contributed by atoms with Crippen molar-refractivity contribution in [2.75, 3.05) is 12.3 Å². The number of amidine groups is 1. The third-order valence-corrected chi connectivity index (χ3v) is 4.50. The van der Waals surface area contributed by atoms with Crippen molar-refractivity contribution < 1.29 is 0 Å². The van der Waals surface area contributed by atoms with Gasteiger partial charge in [-0.3, -0.25) is 9.98 Å². The number of rotatable bonds is 3. The largest absolute Gasteiger partial charge is 0.359 e. The van der Waals surface area contributed by atoms with Crippen molar-refractivity contribution in [3.05, 3.63) is 29.6 Å². The van der Waals surface area contributed by atoms with Crippen molar-refractivity contribution >= 4 is 16.9 Å². The van der Waals surface area contributed by atoms with Crippen molar-refractivity contribution in [1.82, 2.24) is 10.3 Å². The van der Waals surface area contributed by atoms with E-state index < -0.39 is 0 Å². The molecular weight excluding hydrogens is 242 g/mol. The lowest BCUT2D eigenvalue weighted by molar-refractivity contribution is 0.436. The van der Waals surface area contributed by atoms with Gasteiger partial charge in [0.1, 0.15) is 0 Å². The summed E-state index contributed by atoms with van der Waals surface area (Å²) >= 11 is 1.81. The van der Waals surface area contributed by atoms with E-state index in [1.807, 2.05) is 24.0 Å². The van der Waals surface area contributed by atoms with Crippen LogP contribution in [0.4, 0.5) is 0 Å². The predicted octanol–water partition coefficient (Wildman–Crippen LogP) is 2.86. The number of thioether (sulfide) groups is 1. The van der Waals surface area contributed by atoms with Gasteiger partial charge in [0.15, 0.2) is 5.17 Å². The van der Waals surface area contributed by atoms with Crippen LogP contribution < -0.4 is 5.32 Å². The van der Waals surface area contributed by atoms with E-state index in [9.17, 15) is 0 Å². The summed E-state index contributed by atoms with van der Waals surface area (Å²) in [6, 6.07) is 4.14. The molecule has 1 aromatic rings. The Morgan fingerprint density at radius 3 is 2.94 bits per heavy atom. The second-order valence-corrected chi connectivity index (χ2v) is 6.35. The highest BCUT2D eigenvalue weighted by atomic mass is 32.2. The zero-order chi connectivity index (χ0) is 13.0. The fourth-order valence-corrected chi connectivity index (χ4v) is 2.81. The molecule has 0 aliphatic carbocycles. The van der Waals surface area contributed by atoms with Crippen molar-refractivity contribution in [2.45, 2.75) is 33.7 Å². The van der Waals surface area contributed by atoms with Gasteiger partial charge in [-0.1, -0.05) is 38.6 Å². The minimum atomic E-state index is 0.329. The van der Waals surface area contributed by atoms with Crippen LogP contribution in [-0.4, -0.2) is 22.4 Å². The molecule has 3 nitrogen and oxygen atoms in total. The van der Waals surface area contributed by atoms with Crippen LogP contribution >= 0.6 is 11.8 Å². The highest BCUT2D eigenvalue weighted by molar-refractivity contribution is 8.13. The van der Waals surface area contributed by atoms with Crippen LogP contribution in [0.15, 0.2) is 23.3 Å². The number of aliphatic imine (C=N–C) groups is 1. The molecule has 98 valence electrons. The molecule has 0 fully saturated rings. The zero-order valence-corrected chi connectivity index (χ0v) is 12.2. The molecule has 1 N–H and O–H groups in total. The third-order valence-electron chi connectivity index (χ3n) is 3.02. The first-order valence-electron chi connectivity index (χ1n) is 6.44. The minimum absolute atomic E-state index is 0.329. The summed E-state index contributed by atoms with van der Waals surface area (Å²) in [7, 11) is 0. The average molecular weight is 263 g/mol. The summed E-state index contributed by atoms with van der Waals surface area (Å²) in [5, 5.41) is 4.46. The molecule has 0 saturated heterocycles. The van der Waals surface area contributed by atoms with Crippen LogP contribution in [0.2, 0.25) is 0 Å². The first kappa shape index (κ1) is 13.4. The van der Waals surface area contributed by atoms with Crippen LogP contribution in [-0.2, 0) is 13.0 Å². The van der Waals surface area contributed by atoms with Gasteiger partial charge in [0.2, 0.25) is 0 Å². The van der Waals surface area contributed by atoms with Gasteiger partial charge in [-0.25, -0.2) is 0 Å². The van der Waals surface area contributed by atoms with Gasteiger partial charge in [-0.05, 0) is 23.5 Å². The summed E-state index contributed by atoms with van der Waals surface area (Å²) in [6.45, 7) is 8.36. The van der Waals surface area contributed by atoms with E-state index >= 15 is 0 Å². The first-order chi connectivity index (χ1) is 8.61. The Kier molecular flexibility index (Phi) is 4.27. The van der Waals surface area contributed by atoms with Crippen molar-refractivity contribution in [1.29, 1.82) is 0 Å². The number of hydrogen-bond donors (Lipinski definition) is 1. The molecular formula is C14H21N3S. The Morgan fingerprint density at radius 2 is 2.28 bits per heavy atom. The molecule has 18 heavy (non-hydrogen) atoms. The van der Waals surface area contributed by atoms with Crippen molar-refractivity contribution in [3.8, 4) is 0 Å². The molecule has 1 aliphatic heterocycles. The summed E-state index contributed by atoms with van der Waals surface area (Å²) in [4.78, 5) is 9.03. The molecule has 0 radical (unpaired) electrons. The second-order valence-electron chi connectivity index (χ2n) is 5.39. The normalized spacial score (nSPS) is 18.3. The maximum atomic E-state index is 4.59. The lowest BCUT2D eigenvalue weighted by atomic mass is 9.97. The lowest BCUT2D eigenvalue weighted by Gasteiger charge is -2.27. The first-order valence-corrected chi connectivity index (χ1v) is 7.43. The standard InChI is InChI=1S/C14H21N3S/c1-4-11-6-5-7-15-12(11)8-16-13-17-9-14(2,3)10-18-13/h5-7H,4,8-10H2,1-3H3,(H,16,17). The fourth-order valence-electron chi connectivity index (χ4n) is 1.86. The monoisotopic (exact) mass is 263 g/mol. The molecule has 4 heteroatoms. The summed E-state index contributed by atoms with van der Waals surface area (Å²) < 4.78 is 0. The van der Waals surface area contributed by atoms with Gasteiger partial charge >= 0.3 is 0 Å². The molecule has 0 atom stereocenters. The molecule has 0 aromatic carbocycles. The molecule has 0 unspecified atom stereocenters. The topological polar surface area (TPSA) is 37.3 Å². The van der Waals surface area contributed by atoms with E-state index in [4.69, 9.17) is 0 Å². The molecule has 1 aliphatic rings. The van der Waals surface area contributed by atoms with Gasteiger partial charge in [0.25, 0.3) is 0 Å². The SMILES string of the molecule is CCc1cccnc1CNC1=NCC(C)(C)CS1. The fraction of sp³-hybridized carbons (Fsp3) is 0.571. The predicted molar refractivity (Wildman–Crippen MR) is 79.0 cm³/mol. The number of pyridine rings is 1. The highest BCUT2D eigenvalue weighted by Crippen LogP contribution is 2.27. The Balaban J connectivity index is 1.94. The lowest BCUT2D eigenvalue weighted by Crippen LogP contribution is -2.31. The Morgan fingerprint density at radius 1 is 1.44 bits per heavy atom. The molecule has 2 rings (SSSR count). The van der Waals surface area contributed by atoms with Crippen LogP contribution in [0.3, 0.4) is 0 Å². The van der Waals surface area contributed by atoms with Crippen LogP contribution in [0, 0.1) is 5.41 Å². The van der Waals surface area contributed by atoms with Crippen LogP contribution in [0.25, 0.3) is 0 Å². The summed E-state index contributed by atoms with van der Waals surface area (Å²) in [5.41, 5.74) is 2.77. The number of hydrogen-bond acceptors (Lipinski definition) is 4. The molecule has 2 heterocycles. The number of aryl methyl sites for hydroxylation is 1.